The van der Waals surface area contributed by atoms with Gasteiger partial charge in [-0.1, -0.05) is 42.5 Å². The van der Waals surface area contributed by atoms with Crippen LogP contribution in [0.1, 0.15) is 43.4 Å². The van der Waals surface area contributed by atoms with Crippen LogP contribution in [0.25, 0.3) is 0 Å². The first kappa shape index (κ1) is 24.1. The third-order valence-electron chi connectivity index (χ3n) is 6.09. The molecule has 35 heavy (non-hydrogen) atoms. The minimum Gasteiger partial charge on any atom is -0.497 e. The zero-order chi connectivity index (χ0) is 24.9. The monoisotopic (exact) mass is 471 g/mol. The maximum absolute atomic E-state index is 13.3. The molecule has 180 valence electrons. The van der Waals surface area contributed by atoms with Gasteiger partial charge in [-0.3, -0.25) is 4.79 Å². The highest BCUT2D eigenvalue weighted by Gasteiger charge is 2.36. The molecule has 1 heterocycles. The van der Waals surface area contributed by atoms with Crippen molar-refractivity contribution in [2.45, 2.75) is 33.2 Å². The van der Waals surface area contributed by atoms with Crippen molar-refractivity contribution in [3.63, 3.8) is 0 Å². The lowest BCUT2D eigenvalue weighted by molar-refractivity contribution is -0.139. The maximum atomic E-state index is 13.3. The zero-order valence-electron chi connectivity index (χ0n) is 20.4. The van der Waals surface area contributed by atoms with Gasteiger partial charge in [-0.05, 0) is 60.9 Å². The lowest BCUT2D eigenvalue weighted by Gasteiger charge is -2.38. The predicted molar refractivity (Wildman–Crippen MR) is 135 cm³/mol. The minimum atomic E-state index is -0.377. The molecular formula is C29H29NO5. The Labute approximate surface area is 205 Å². The van der Waals surface area contributed by atoms with Gasteiger partial charge in [-0.2, -0.15) is 0 Å². The maximum Gasteiger partial charge on any atom is 0.336 e. The summed E-state index contributed by atoms with van der Waals surface area (Å²) in [7, 11) is 1.65. The molecule has 1 atom stereocenters. The van der Waals surface area contributed by atoms with Crippen molar-refractivity contribution in [2.75, 3.05) is 18.6 Å². The molecule has 0 N–H and O–H groups in total. The summed E-state index contributed by atoms with van der Waals surface area (Å²) in [5, 5.41) is 0. The molecule has 0 spiro atoms. The number of carbonyl (C=O) groups is 2. The number of ether oxygens (including phenoxy) is 3. The van der Waals surface area contributed by atoms with Crippen molar-refractivity contribution in [3.8, 4) is 11.5 Å². The van der Waals surface area contributed by atoms with Gasteiger partial charge in [-0.25, -0.2) is 4.79 Å². The Bertz CT molecular complexity index is 1240. The highest BCUT2D eigenvalue weighted by atomic mass is 16.5. The molecule has 0 radical (unpaired) electrons. The second kappa shape index (κ2) is 10.5. The Hall–Kier alpha value is -4.06. The third-order valence-corrected chi connectivity index (χ3v) is 6.09. The number of allylic oxidation sites excluding steroid dienone is 1. The summed E-state index contributed by atoms with van der Waals surface area (Å²) in [6, 6.07) is 23.3. The number of carbonyl (C=O) groups excluding carboxylic acids is 2. The van der Waals surface area contributed by atoms with Crippen molar-refractivity contribution < 1.29 is 23.8 Å². The van der Waals surface area contributed by atoms with E-state index in [2.05, 4.69) is 11.0 Å². The highest BCUT2D eigenvalue weighted by Crippen LogP contribution is 2.45. The van der Waals surface area contributed by atoms with Crippen LogP contribution in [0, 0.1) is 0 Å². The molecule has 3 aromatic rings. The van der Waals surface area contributed by atoms with Crippen LogP contribution in [0.5, 0.6) is 11.5 Å². The van der Waals surface area contributed by atoms with E-state index in [4.69, 9.17) is 14.2 Å². The van der Waals surface area contributed by atoms with Gasteiger partial charge in [0, 0.05) is 30.8 Å². The average molecular weight is 472 g/mol. The lowest BCUT2D eigenvalue weighted by atomic mass is 9.80. The first-order chi connectivity index (χ1) is 16.9. The summed E-state index contributed by atoms with van der Waals surface area (Å²) in [5.74, 6) is 0.226. The number of esters is 2. The van der Waals surface area contributed by atoms with E-state index in [1.807, 2.05) is 68.4 Å². The molecule has 0 amide bonds. The summed E-state index contributed by atoms with van der Waals surface area (Å²) in [4.78, 5) is 26.8. The lowest BCUT2D eigenvalue weighted by Crippen LogP contribution is -2.32. The number of hydrogen-bond acceptors (Lipinski definition) is 6. The van der Waals surface area contributed by atoms with Crippen LogP contribution in [-0.2, 0) is 20.9 Å². The number of methoxy groups -OCH3 is 1. The molecule has 6 heteroatoms. The van der Waals surface area contributed by atoms with E-state index in [0.29, 0.717) is 17.9 Å². The summed E-state index contributed by atoms with van der Waals surface area (Å²) in [6.07, 6.45) is 0. The Morgan fingerprint density at radius 2 is 1.57 bits per heavy atom. The molecule has 0 aliphatic carbocycles. The van der Waals surface area contributed by atoms with Gasteiger partial charge in [-0.15, -0.1) is 0 Å². The van der Waals surface area contributed by atoms with Crippen LogP contribution >= 0.6 is 0 Å². The number of nitrogens with zero attached hydrogens (tertiary/aromatic N) is 1. The summed E-state index contributed by atoms with van der Waals surface area (Å²) in [5.41, 5.74) is 5.48. The fraction of sp³-hybridized carbons (Fsp3) is 0.241. The topological polar surface area (TPSA) is 65.1 Å². The first-order valence-electron chi connectivity index (χ1n) is 11.6. The van der Waals surface area contributed by atoms with Crippen LogP contribution in [0.4, 0.5) is 5.69 Å². The Morgan fingerprint density at radius 1 is 0.914 bits per heavy atom. The number of fused-ring (bicyclic) bond motifs is 1. The quantitative estimate of drug-likeness (QED) is 0.330. The van der Waals surface area contributed by atoms with E-state index in [0.717, 1.165) is 33.8 Å². The summed E-state index contributed by atoms with van der Waals surface area (Å²) < 4.78 is 16.0. The molecule has 4 rings (SSSR count). The van der Waals surface area contributed by atoms with E-state index in [-0.39, 0.29) is 24.5 Å². The number of para-hydroxylation sites is 1. The van der Waals surface area contributed by atoms with Crippen molar-refractivity contribution in [2.24, 2.45) is 0 Å². The van der Waals surface area contributed by atoms with Gasteiger partial charge in [0.25, 0.3) is 0 Å². The number of anilines is 1. The van der Waals surface area contributed by atoms with Gasteiger partial charge in [0.05, 0.1) is 19.3 Å². The normalized spacial score (nSPS) is 14.9. The highest BCUT2D eigenvalue weighted by molar-refractivity contribution is 5.95. The molecule has 6 nitrogen and oxygen atoms in total. The van der Waals surface area contributed by atoms with Gasteiger partial charge in [0.15, 0.2) is 0 Å². The van der Waals surface area contributed by atoms with Crippen molar-refractivity contribution in [1.29, 1.82) is 0 Å². The number of rotatable bonds is 7. The summed E-state index contributed by atoms with van der Waals surface area (Å²) >= 11 is 0. The van der Waals surface area contributed by atoms with Crippen LogP contribution in [0.3, 0.4) is 0 Å². The zero-order valence-corrected chi connectivity index (χ0v) is 20.4. The van der Waals surface area contributed by atoms with Crippen molar-refractivity contribution >= 4 is 17.6 Å². The van der Waals surface area contributed by atoms with E-state index in [1.165, 1.54) is 6.92 Å². The Balaban J connectivity index is 1.81. The van der Waals surface area contributed by atoms with Gasteiger partial charge in [0.1, 0.15) is 11.5 Å². The molecule has 0 saturated heterocycles. The Kier molecular flexibility index (Phi) is 7.20. The number of benzene rings is 3. The van der Waals surface area contributed by atoms with Gasteiger partial charge >= 0.3 is 11.9 Å². The largest absolute Gasteiger partial charge is 0.497 e. The van der Waals surface area contributed by atoms with Crippen LogP contribution in [0.15, 0.2) is 84.1 Å². The van der Waals surface area contributed by atoms with Crippen molar-refractivity contribution in [1.82, 2.24) is 0 Å². The standard InChI is InChI=1S/C29H29NO5/c1-5-34-29(32)27-19(2)30(18-21-10-14-23(33-4)15-11-21)26-9-7-6-8-25(26)28(27)22-12-16-24(17-13-22)35-20(3)31/h6-17,28H,5,18H2,1-4H3/t28-/m1/s1. The molecule has 3 aromatic carbocycles. The molecule has 0 fully saturated rings. The van der Waals surface area contributed by atoms with Crippen molar-refractivity contribution in [3.05, 3.63) is 101 Å². The second-order valence-electron chi connectivity index (χ2n) is 8.31. The molecular weight excluding hydrogens is 442 g/mol. The van der Waals surface area contributed by atoms with E-state index >= 15 is 0 Å². The molecule has 0 bridgehead atoms. The molecule has 0 saturated carbocycles. The average Bonchev–Trinajstić information content (AvgIpc) is 2.86. The molecule has 1 aliphatic heterocycles. The van der Waals surface area contributed by atoms with E-state index < -0.39 is 0 Å². The third kappa shape index (κ3) is 5.06. The SMILES string of the molecule is CCOC(=O)C1=C(C)N(Cc2ccc(OC)cc2)c2ccccc2[C@H]1c1ccc(OC(C)=O)cc1. The fourth-order valence-electron chi connectivity index (χ4n) is 4.50. The predicted octanol–water partition coefficient (Wildman–Crippen LogP) is 5.61. The Morgan fingerprint density at radius 3 is 2.20 bits per heavy atom. The van der Waals surface area contributed by atoms with E-state index in [9.17, 15) is 9.59 Å². The van der Waals surface area contributed by atoms with Gasteiger partial charge < -0.3 is 19.1 Å². The second-order valence-corrected chi connectivity index (χ2v) is 8.31. The smallest absolute Gasteiger partial charge is 0.336 e. The van der Waals surface area contributed by atoms with Gasteiger partial charge in [0.2, 0.25) is 0 Å². The van der Waals surface area contributed by atoms with Crippen LogP contribution in [0.2, 0.25) is 0 Å². The minimum absolute atomic E-state index is 0.286. The van der Waals surface area contributed by atoms with E-state index in [1.54, 1.807) is 19.2 Å². The first-order valence-corrected chi connectivity index (χ1v) is 11.6. The molecule has 1 aliphatic rings. The fourth-order valence-corrected chi connectivity index (χ4v) is 4.50. The summed E-state index contributed by atoms with van der Waals surface area (Å²) in [6.45, 7) is 6.02. The van der Waals surface area contributed by atoms with Crippen LogP contribution in [-0.4, -0.2) is 25.7 Å². The number of hydrogen-bond donors (Lipinski definition) is 0. The molecule has 0 aromatic heterocycles. The molecule has 0 unspecified atom stereocenters. The van der Waals surface area contributed by atoms with Crippen LogP contribution < -0.4 is 14.4 Å².